The zero-order valence-electron chi connectivity index (χ0n) is 7.65. The third kappa shape index (κ3) is 1.12. The van der Waals surface area contributed by atoms with E-state index >= 15 is 0 Å². The number of hydrogen-bond acceptors (Lipinski definition) is 1. The lowest BCUT2D eigenvalue weighted by Gasteiger charge is -2.18. The molecule has 1 nitrogen and oxygen atoms in total. The molecule has 1 heterocycles. The van der Waals surface area contributed by atoms with E-state index in [0.29, 0.717) is 5.54 Å². The second-order valence-corrected chi connectivity index (χ2v) is 4.46. The molecular weight excluding hydrogens is 134 g/mol. The fourth-order valence-corrected chi connectivity index (χ4v) is 1.97. The molecule has 62 valence electrons. The van der Waals surface area contributed by atoms with Crippen LogP contribution in [0.15, 0.2) is 11.6 Å². The van der Waals surface area contributed by atoms with Crippen molar-refractivity contribution in [1.82, 2.24) is 5.32 Å². The molecule has 1 aliphatic heterocycles. The van der Waals surface area contributed by atoms with E-state index in [2.05, 4.69) is 32.2 Å². The maximum absolute atomic E-state index is 3.54. The van der Waals surface area contributed by atoms with Crippen molar-refractivity contribution in [3.8, 4) is 0 Å². The van der Waals surface area contributed by atoms with Gasteiger partial charge >= 0.3 is 0 Å². The Kier molecular flexibility index (Phi) is 1.40. The van der Waals surface area contributed by atoms with E-state index in [9.17, 15) is 0 Å². The Morgan fingerprint density at radius 3 is 2.91 bits per heavy atom. The molecule has 2 aliphatic rings. The third-order valence-electron chi connectivity index (χ3n) is 3.16. The molecule has 1 aliphatic carbocycles. The number of hydrogen-bond donors (Lipinski definition) is 1. The number of fused-ring (bicyclic) bond motifs is 1. The summed E-state index contributed by atoms with van der Waals surface area (Å²) in [5, 5.41) is 3.54. The van der Waals surface area contributed by atoms with Crippen molar-refractivity contribution >= 4 is 0 Å². The van der Waals surface area contributed by atoms with Crippen molar-refractivity contribution in [3.05, 3.63) is 11.6 Å². The SMILES string of the molecule is CC(C)C1=CCC2(C)NC2C1. The summed E-state index contributed by atoms with van der Waals surface area (Å²) < 4.78 is 0. The van der Waals surface area contributed by atoms with Crippen LogP contribution >= 0.6 is 0 Å². The Balaban J connectivity index is 2.07. The summed E-state index contributed by atoms with van der Waals surface area (Å²) in [6.45, 7) is 6.90. The van der Waals surface area contributed by atoms with Crippen molar-refractivity contribution in [2.45, 2.75) is 45.2 Å². The van der Waals surface area contributed by atoms with Crippen LogP contribution in [0, 0.1) is 5.92 Å². The van der Waals surface area contributed by atoms with Crippen molar-refractivity contribution < 1.29 is 0 Å². The first-order chi connectivity index (χ1) is 5.12. The van der Waals surface area contributed by atoms with Gasteiger partial charge in [0.05, 0.1) is 0 Å². The minimum atomic E-state index is 0.485. The molecule has 2 atom stereocenters. The van der Waals surface area contributed by atoms with Crippen LogP contribution in [0.3, 0.4) is 0 Å². The van der Waals surface area contributed by atoms with Gasteiger partial charge in [0.2, 0.25) is 0 Å². The van der Waals surface area contributed by atoms with Gasteiger partial charge < -0.3 is 5.32 Å². The first-order valence-corrected chi connectivity index (χ1v) is 4.58. The average Bonchev–Trinajstić information content (AvgIpc) is 2.58. The number of rotatable bonds is 1. The van der Waals surface area contributed by atoms with Gasteiger partial charge in [-0.05, 0) is 25.7 Å². The van der Waals surface area contributed by atoms with Crippen LogP contribution in [0.25, 0.3) is 0 Å². The normalized spacial score (nSPS) is 41.8. The van der Waals surface area contributed by atoms with Gasteiger partial charge in [0, 0.05) is 11.6 Å². The maximum atomic E-state index is 3.54. The van der Waals surface area contributed by atoms with E-state index in [4.69, 9.17) is 0 Å². The topological polar surface area (TPSA) is 21.9 Å². The highest BCUT2D eigenvalue weighted by molar-refractivity contribution is 5.26. The molecule has 0 amide bonds. The minimum absolute atomic E-state index is 0.485. The Hall–Kier alpha value is -0.300. The van der Waals surface area contributed by atoms with Crippen molar-refractivity contribution in [2.75, 3.05) is 0 Å². The second-order valence-electron chi connectivity index (χ2n) is 4.46. The fourth-order valence-electron chi connectivity index (χ4n) is 1.97. The van der Waals surface area contributed by atoms with Crippen LogP contribution < -0.4 is 5.32 Å². The molecule has 2 unspecified atom stereocenters. The molecule has 1 N–H and O–H groups in total. The van der Waals surface area contributed by atoms with Gasteiger partial charge in [-0.1, -0.05) is 25.5 Å². The van der Waals surface area contributed by atoms with Crippen molar-refractivity contribution in [2.24, 2.45) is 5.92 Å². The molecule has 0 bridgehead atoms. The monoisotopic (exact) mass is 151 g/mol. The standard InChI is InChI=1S/C10H17N/c1-7(2)8-4-5-10(3)9(6-8)11-10/h4,7,9,11H,5-6H2,1-3H3. The molecule has 0 spiro atoms. The largest absolute Gasteiger partial charge is 0.305 e. The van der Waals surface area contributed by atoms with Gasteiger partial charge in [0.1, 0.15) is 0 Å². The van der Waals surface area contributed by atoms with Gasteiger partial charge in [-0.3, -0.25) is 0 Å². The van der Waals surface area contributed by atoms with Crippen LogP contribution in [0.4, 0.5) is 0 Å². The smallest absolute Gasteiger partial charge is 0.0347 e. The van der Waals surface area contributed by atoms with Crippen LogP contribution in [0.1, 0.15) is 33.6 Å². The van der Waals surface area contributed by atoms with Gasteiger partial charge in [0.15, 0.2) is 0 Å². The van der Waals surface area contributed by atoms with Crippen LogP contribution in [-0.2, 0) is 0 Å². The summed E-state index contributed by atoms with van der Waals surface area (Å²) >= 11 is 0. The zero-order chi connectivity index (χ0) is 8.06. The number of nitrogens with one attached hydrogen (secondary N) is 1. The molecule has 1 fully saturated rings. The summed E-state index contributed by atoms with van der Waals surface area (Å²) in [6, 6.07) is 0.796. The minimum Gasteiger partial charge on any atom is -0.305 e. The molecule has 0 aromatic heterocycles. The summed E-state index contributed by atoms with van der Waals surface area (Å²) in [7, 11) is 0. The van der Waals surface area contributed by atoms with Crippen molar-refractivity contribution in [3.63, 3.8) is 0 Å². The van der Waals surface area contributed by atoms with Gasteiger partial charge in [0.25, 0.3) is 0 Å². The molecule has 11 heavy (non-hydrogen) atoms. The molecule has 0 radical (unpaired) electrons. The van der Waals surface area contributed by atoms with Gasteiger partial charge in [-0.25, -0.2) is 0 Å². The Labute approximate surface area is 68.9 Å². The summed E-state index contributed by atoms with van der Waals surface area (Å²) in [5.74, 6) is 0.752. The first kappa shape index (κ1) is 7.35. The van der Waals surface area contributed by atoms with E-state index in [1.165, 1.54) is 12.8 Å². The molecule has 0 aromatic carbocycles. The van der Waals surface area contributed by atoms with Crippen LogP contribution in [-0.4, -0.2) is 11.6 Å². The zero-order valence-corrected chi connectivity index (χ0v) is 7.65. The summed E-state index contributed by atoms with van der Waals surface area (Å²) in [6.07, 6.45) is 4.96. The highest BCUT2D eigenvalue weighted by Gasteiger charge is 2.50. The van der Waals surface area contributed by atoms with E-state index in [0.717, 1.165) is 12.0 Å². The predicted octanol–water partition coefficient (Wildman–Crippen LogP) is 2.09. The Morgan fingerprint density at radius 1 is 1.64 bits per heavy atom. The highest BCUT2D eigenvalue weighted by Crippen LogP contribution is 2.40. The molecule has 2 rings (SSSR count). The van der Waals surface area contributed by atoms with Crippen LogP contribution in [0.5, 0.6) is 0 Å². The highest BCUT2D eigenvalue weighted by atomic mass is 15.2. The van der Waals surface area contributed by atoms with E-state index < -0.39 is 0 Å². The lowest BCUT2D eigenvalue weighted by molar-refractivity contribution is 0.599. The van der Waals surface area contributed by atoms with E-state index in [-0.39, 0.29) is 0 Å². The Bertz CT molecular complexity index is 205. The average molecular weight is 151 g/mol. The molecule has 1 heteroatoms. The van der Waals surface area contributed by atoms with Gasteiger partial charge in [-0.15, -0.1) is 0 Å². The first-order valence-electron chi connectivity index (χ1n) is 4.58. The maximum Gasteiger partial charge on any atom is 0.0347 e. The van der Waals surface area contributed by atoms with Gasteiger partial charge in [-0.2, -0.15) is 0 Å². The lowest BCUT2D eigenvalue weighted by atomic mass is 9.86. The predicted molar refractivity (Wildman–Crippen MR) is 47.5 cm³/mol. The molecular formula is C10H17N. The van der Waals surface area contributed by atoms with Crippen LogP contribution in [0.2, 0.25) is 0 Å². The van der Waals surface area contributed by atoms with E-state index in [1.807, 2.05) is 0 Å². The fraction of sp³-hybridized carbons (Fsp3) is 0.800. The quantitative estimate of drug-likeness (QED) is 0.450. The second kappa shape index (κ2) is 2.10. The molecule has 0 aromatic rings. The lowest BCUT2D eigenvalue weighted by Crippen LogP contribution is -2.16. The Morgan fingerprint density at radius 2 is 2.36 bits per heavy atom. The van der Waals surface area contributed by atoms with Crippen molar-refractivity contribution in [1.29, 1.82) is 0 Å². The third-order valence-corrected chi connectivity index (χ3v) is 3.16. The summed E-state index contributed by atoms with van der Waals surface area (Å²) in [4.78, 5) is 0. The molecule has 0 saturated carbocycles. The van der Waals surface area contributed by atoms with E-state index in [1.54, 1.807) is 5.57 Å². The molecule has 1 saturated heterocycles. The summed E-state index contributed by atoms with van der Waals surface area (Å²) in [5.41, 5.74) is 2.13.